The summed E-state index contributed by atoms with van der Waals surface area (Å²) >= 11 is 0. The molecule has 0 radical (unpaired) electrons. The lowest BCUT2D eigenvalue weighted by atomic mass is 9.65. The highest BCUT2D eigenvalue weighted by Crippen LogP contribution is 2.47. The molecule has 0 N–H and O–H groups in total. The first-order valence-corrected chi connectivity index (χ1v) is 9.78. The van der Waals surface area contributed by atoms with E-state index < -0.39 is 10.1 Å². The fourth-order valence-corrected chi connectivity index (χ4v) is 4.89. The SMILES string of the molecule is CS(=O)(=O)O[C@H]1C[C@@H]2CCCC[C@H]2C[C@@H]1c1ccccc1. The van der Waals surface area contributed by atoms with Crippen molar-refractivity contribution in [3.63, 3.8) is 0 Å². The summed E-state index contributed by atoms with van der Waals surface area (Å²) in [4.78, 5) is 0. The lowest BCUT2D eigenvalue weighted by molar-refractivity contribution is 0.0496. The predicted octanol–water partition coefficient (Wildman–Crippen LogP) is 3.72. The highest BCUT2D eigenvalue weighted by Gasteiger charge is 2.40. The number of benzene rings is 1. The Morgan fingerprint density at radius 1 is 1.00 bits per heavy atom. The first-order chi connectivity index (χ1) is 10.0. The van der Waals surface area contributed by atoms with Gasteiger partial charge in [-0.2, -0.15) is 8.42 Å². The highest BCUT2D eigenvalue weighted by atomic mass is 32.2. The Morgan fingerprint density at radius 3 is 2.24 bits per heavy atom. The molecule has 0 bridgehead atoms. The first kappa shape index (κ1) is 15.0. The molecule has 0 saturated heterocycles. The smallest absolute Gasteiger partial charge is 0.264 e. The lowest BCUT2D eigenvalue weighted by Crippen LogP contribution is -2.38. The zero-order valence-corrected chi connectivity index (χ0v) is 13.4. The lowest BCUT2D eigenvalue weighted by Gasteiger charge is -2.43. The van der Waals surface area contributed by atoms with Crippen LogP contribution < -0.4 is 0 Å². The molecular weight excluding hydrogens is 284 g/mol. The fourth-order valence-electron chi connectivity index (χ4n) is 4.23. The summed E-state index contributed by atoms with van der Waals surface area (Å²) < 4.78 is 28.7. The van der Waals surface area contributed by atoms with Crippen molar-refractivity contribution in [3.05, 3.63) is 35.9 Å². The van der Waals surface area contributed by atoms with Crippen molar-refractivity contribution in [3.8, 4) is 0 Å². The van der Waals surface area contributed by atoms with Gasteiger partial charge >= 0.3 is 0 Å². The zero-order valence-electron chi connectivity index (χ0n) is 12.6. The van der Waals surface area contributed by atoms with Gasteiger partial charge in [-0.15, -0.1) is 0 Å². The van der Waals surface area contributed by atoms with Gasteiger partial charge in [-0.1, -0.05) is 56.0 Å². The van der Waals surface area contributed by atoms with Crippen LogP contribution in [-0.2, 0) is 14.3 Å². The van der Waals surface area contributed by atoms with Crippen molar-refractivity contribution in [2.45, 2.75) is 50.5 Å². The molecule has 1 aromatic rings. The van der Waals surface area contributed by atoms with Crippen molar-refractivity contribution in [2.24, 2.45) is 11.8 Å². The molecule has 4 atom stereocenters. The van der Waals surface area contributed by atoms with E-state index in [4.69, 9.17) is 4.18 Å². The van der Waals surface area contributed by atoms with Crippen molar-refractivity contribution >= 4 is 10.1 Å². The minimum atomic E-state index is -3.40. The monoisotopic (exact) mass is 308 g/mol. The van der Waals surface area contributed by atoms with E-state index in [9.17, 15) is 8.42 Å². The molecule has 2 aliphatic carbocycles. The van der Waals surface area contributed by atoms with Gasteiger partial charge in [0, 0.05) is 5.92 Å². The Morgan fingerprint density at radius 2 is 1.62 bits per heavy atom. The summed E-state index contributed by atoms with van der Waals surface area (Å²) in [6.07, 6.45) is 8.05. The summed E-state index contributed by atoms with van der Waals surface area (Å²) in [7, 11) is -3.40. The van der Waals surface area contributed by atoms with Gasteiger partial charge in [-0.05, 0) is 30.2 Å². The van der Waals surface area contributed by atoms with Gasteiger partial charge in [0.25, 0.3) is 10.1 Å². The third kappa shape index (κ3) is 3.67. The Hall–Kier alpha value is -0.870. The molecule has 0 spiro atoms. The molecule has 2 fully saturated rings. The van der Waals surface area contributed by atoms with Crippen molar-refractivity contribution in [2.75, 3.05) is 6.26 Å². The summed E-state index contributed by atoms with van der Waals surface area (Å²) in [6.45, 7) is 0. The van der Waals surface area contributed by atoms with Crippen LogP contribution in [0.2, 0.25) is 0 Å². The molecule has 0 aromatic heterocycles. The molecule has 0 unspecified atom stereocenters. The first-order valence-electron chi connectivity index (χ1n) is 7.96. The molecular formula is C17H24O3S. The van der Waals surface area contributed by atoms with Gasteiger partial charge in [0.15, 0.2) is 0 Å². The maximum absolute atomic E-state index is 11.6. The van der Waals surface area contributed by atoms with E-state index in [2.05, 4.69) is 12.1 Å². The van der Waals surface area contributed by atoms with Crippen LogP contribution in [0.3, 0.4) is 0 Å². The Bertz CT molecular complexity index is 567. The molecule has 3 rings (SSSR count). The van der Waals surface area contributed by atoms with Crippen LogP contribution in [0.4, 0.5) is 0 Å². The molecule has 1 aromatic carbocycles. The van der Waals surface area contributed by atoms with Crippen LogP contribution in [-0.4, -0.2) is 20.8 Å². The maximum atomic E-state index is 11.6. The van der Waals surface area contributed by atoms with Crippen LogP contribution in [0.1, 0.15) is 50.0 Å². The molecule has 2 aliphatic rings. The summed E-state index contributed by atoms with van der Waals surface area (Å²) in [5.41, 5.74) is 1.22. The van der Waals surface area contributed by atoms with E-state index in [0.29, 0.717) is 5.92 Å². The Kier molecular flexibility index (Phi) is 4.36. The Labute approximate surface area is 127 Å². The van der Waals surface area contributed by atoms with Gasteiger partial charge < -0.3 is 0 Å². The largest absolute Gasteiger partial charge is 0.266 e. The second-order valence-corrected chi connectivity index (χ2v) is 8.23. The van der Waals surface area contributed by atoms with Crippen LogP contribution in [0.15, 0.2) is 30.3 Å². The van der Waals surface area contributed by atoms with Crippen LogP contribution >= 0.6 is 0 Å². The predicted molar refractivity (Wildman–Crippen MR) is 83.6 cm³/mol. The normalized spacial score (nSPS) is 33.4. The van der Waals surface area contributed by atoms with Crippen LogP contribution in [0.25, 0.3) is 0 Å². The van der Waals surface area contributed by atoms with Crippen molar-refractivity contribution < 1.29 is 12.6 Å². The summed E-state index contributed by atoms with van der Waals surface area (Å²) in [5.74, 6) is 1.59. The van der Waals surface area contributed by atoms with Crippen LogP contribution in [0.5, 0.6) is 0 Å². The second kappa shape index (κ2) is 6.09. The molecule has 3 nitrogen and oxygen atoms in total. The third-order valence-corrected chi connectivity index (χ3v) is 5.73. The number of hydrogen-bond donors (Lipinski definition) is 0. The van der Waals surface area contributed by atoms with E-state index in [1.807, 2.05) is 18.2 Å². The fraction of sp³-hybridized carbons (Fsp3) is 0.647. The average Bonchev–Trinajstić information content (AvgIpc) is 2.46. The Balaban J connectivity index is 1.85. The van der Waals surface area contributed by atoms with Gasteiger partial charge in [-0.25, -0.2) is 0 Å². The minimum absolute atomic E-state index is 0.193. The molecule has 0 amide bonds. The molecule has 21 heavy (non-hydrogen) atoms. The molecule has 0 heterocycles. The average molecular weight is 308 g/mol. The van der Waals surface area contributed by atoms with Crippen LogP contribution in [0, 0.1) is 11.8 Å². The van der Waals surface area contributed by atoms with Crippen molar-refractivity contribution in [1.82, 2.24) is 0 Å². The zero-order chi connectivity index (χ0) is 14.9. The number of fused-ring (bicyclic) bond motifs is 1. The minimum Gasteiger partial charge on any atom is -0.266 e. The van der Waals surface area contributed by atoms with Gasteiger partial charge in [0.05, 0.1) is 12.4 Å². The number of rotatable bonds is 3. The molecule has 116 valence electrons. The van der Waals surface area contributed by atoms with Gasteiger partial charge in [0.2, 0.25) is 0 Å². The standard InChI is InChI=1S/C17H24O3S/c1-21(18,19)20-17-12-15-10-6-5-9-14(15)11-16(17)13-7-3-2-4-8-13/h2-4,7-8,14-17H,5-6,9-12H2,1H3/t14-,15-,16+,17-/m0/s1. The summed E-state index contributed by atoms with van der Waals surface area (Å²) in [6, 6.07) is 10.3. The third-order valence-electron chi connectivity index (χ3n) is 5.13. The molecule has 4 heteroatoms. The van der Waals surface area contributed by atoms with Gasteiger partial charge in [-0.3, -0.25) is 4.18 Å². The molecule has 2 saturated carbocycles. The van der Waals surface area contributed by atoms with E-state index in [-0.39, 0.29) is 12.0 Å². The van der Waals surface area contributed by atoms with E-state index in [0.717, 1.165) is 18.8 Å². The van der Waals surface area contributed by atoms with E-state index in [1.54, 1.807) is 0 Å². The highest BCUT2D eigenvalue weighted by molar-refractivity contribution is 7.86. The topological polar surface area (TPSA) is 43.4 Å². The van der Waals surface area contributed by atoms with Crippen molar-refractivity contribution in [1.29, 1.82) is 0 Å². The summed E-state index contributed by atoms with van der Waals surface area (Å²) in [5, 5.41) is 0. The maximum Gasteiger partial charge on any atom is 0.264 e. The quantitative estimate of drug-likeness (QED) is 0.799. The second-order valence-electron chi connectivity index (χ2n) is 6.63. The van der Waals surface area contributed by atoms with E-state index in [1.165, 1.54) is 37.5 Å². The number of hydrogen-bond acceptors (Lipinski definition) is 3. The molecule has 0 aliphatic heterocycles. The van der Waals surface area contributed by atoms with Gasteiger partial charge in [0.1, 0.15) is 0 Å². The van der Waals surface area contributed by atoms with E-state index >= 15 is 0 Å².